The van der Waals surface area contributed by atoms with Gasteiger partial charge in [0.2, 0.25) is 5.43 Å². The molecule has 28 heavy (non-hydrogen) atoms. The number of carbonyl (C=O) groups is 1. The summed E-state index contributed by atoms with van der Waals surface area (Å²) in [5.74, 6) is -0.345. The number of carbonyl (C=O) groups excluding carboxylic acids is 1. The largest absolute Gasteiger partial charge is 0.494 e. The van der Waals surface area contributed by atoms with Crippen LogP contribution in [0.25, 0.3) is 5.69 Å². The number of amides is 1. The third-order valence-electron chi connectivity index (χ3n) is 4.02. The molecule has 0 saturated heterocycles. The van der Waals surface area contributed by atoms with Crippen molar-refractivity contribution in [1.29, 1.82) is 0 Å². The summed E-state index contributed by atoms with van der Waals surface area (Å²) in [7, 11) is 0. The Bertz CT molecular complexity index is 1020. The highest BCUT2D eigenvalue weighted by molar-refractivity contribution is 5.92. The van der Waals surface area contributed by atoms with Gasteiger partial charge in [-0.3, -0.25) is 9.59 Å². The van der Waals surface area contributed by atoms with E-state index in [-0.39, 0.29) is 11.4 Å². The molecule has 0 fully saturated rings. The van der Waals surface area contributed by atoms with Gasteiger partial charge in [0.05, 0.1) is 6.61 Å². The summed E-state index contributed by atoms with van der Waals surface area (Å²) in [4.78, 5) is 24.5. The minimum absolute atomic E-state index is 0.172. The van der Waals surface area contributed by atoms with Gasteiger partial charge in [0, 0.05) is 18.3 Å². The van der Waals surface area contributed by atoms with Crippen LogP contribution in [-0.4, -0.2) is 28.8 Å². The van der Waals surface area contributed by atoms with Crippen LogP contribution in [0.5, 0.6) is 5.75 Å². The van der Waals surface area contributed by atoms with Crippen LogP contribution < -0.4 is 15.5 Å². The van der Waals surface area contributed by atoms with Crippen LogP contribution in [0.15, 0.2) is 65.5 Å². The van der Waals surface area contributed by atoms with E-state index < -0.39 is 17.2 Å². The first-order chi connectivity index (χ1) is 13.6. The molecule has 144 valence electrons. The van der Waals surface area contributed by atoms with Gasteiger partial charge in [-0.2, -0.15) is 5.10 Å². The Balaban J connectivity index is 1.64. The Morgan fingerprint density at radius 1 is 1.14 bits per heavy atom. The van der Waals surface area contributed by atoms with E-state index in [1.807, 2.05) is 30.3 Å². The minimum Gasteiger partial charge on any atom is -0.494 e. The topological polar surface area (TPSA) is 73.2 Å². The van der Waals surface area contributed by atoms with Gasteiger partial charge >= 0.3 is 0 Å². The number of benzene rings is 2. The van der Waals surface area contributed by atoms with E-state index in [0.717, 1.165) is 5.75 Å². The average Bonchev–Trinajstić information content (AvgIpc) is 2.69. The SMILES string of the molecule is Cc1cc(=O)c(C(=O)NCCCOc2ccccc2)nn1-c1ccccc1F. The number of hydrogen-bond donors (Lipinski definition) is 1. The van der Waals surface area contributed by atoms with Crippen molar-refractivity contribution in [1.82, 2.24) is 15.1 Å². The highest BCUT2D eigenvalue weighted by Gasteiger charge is 2.16. The lowest BCUT2D eigenvalue weighted by Crippen LogP contribution is -2.33. The van der Waals surface area contributed by atoms with Crippen LogP contribution in [0, 0.1) is 12.7 Å². The predicted molar refractivity (Wildman–Crippen MR) is 103 cm³/mol. The summed E-state index contributed by atoms with van der Waals surface area (Å²) in [6.07, 6.45) is 0.563. The van der Waals surface area contributed by atoms with Crippen LogP contribution in [0.4, 0.5) is 4.39 Å². The van der Waals surface area contributed by atoms with Crippen LogP contribution in [0.2, 0.25) is 0 Å². The Kier molecular flexibility index (Phi) is 6.16. The smallest absolute Gasteiger partial charge is 0.275 e. The average molecular weight is 381 g/mol. The summed E-state index contributed by atoms with van der Waals surface area (Å²) in [5.41, 5.74) is -0.186. The Morgan fingerprint density at radius 3 is 2.61 bits per heavy atom. The number of aromatic nitrogens is 2. The highest BCUT2D eigenvalue weighted by atomic mass is 19.1. The predicted octanol–water partition coefficient (Wildman–Crippen LogP) is 2.88. The normalized spacial score (nSPS) is 10.5. The summed E-state index contributed by atoms with van der Waals surface area (Å²) < 4.78 is 20.9. The van der Waals surface area contributed by atoms with E-state index in [9.17, 15) is 14.0 Å². The zero-order valence-electron chi connectivity index (χ0n) is 15.4. The molecule has 7 heteroatoms. The van der Waals surface area contributed by atoms with E-state index in [4.69, 9.17) is 4.74 Å². The second kappa shape index (κ2) is 8.94. The fraction of sp³-hybridized carbons (Fsp3) is 0.190. The van der Waals surface area contributed by atoms with Crippen molar-refractivity contribution < 1.29 is 13.9 Å². The third kappa shape index (κ3) is 4.62. The first-order valence-corrected chi connectivity index (χ1v) is 8.88. The molecule has 0 aliphatic rings. The van der Waals surface area contributed by atoms with Crippen molar-refractivity contribution in [2.45, 2.75) is 13.3 Å². The maximum absolute atomic E-state index is 14.1. The second-order valence-corrected chi connectivity index (χ2v) is 6.13. The Labute approximate surface area is 161 Å². The third-order valence-corrected chi connectivity index (χ3v) is 4.02. The van der Waals surface area contributed by atoms with Gasteiger partial charge in [-0.05, 0) is 37.6 Å². The molecule has 6 nitrogen and oxygen atoms in total. The second-order valence-electron chi connectivity index (χ2n) is 6.13. The highest BCUT2D eigenvalue weighted by Crippen LogP contribution is 2.13. The van der Waals surface area contributed by atoms with Gasteiger partial charge in [0.15, 0.2) is 5.69 Å². The van der Waals surface area contributed by atoms with Crippen molar-refractivity contribution in [2.75, 3.05) is 13.2 Å². The maximum atomic E-state index is 14.1. The number of rotatable bonds is 7. The van der Waals surface area contributed by atoms with Crippen molar-refractivity contribution in [3.8, 4) is 11.4 Å². The van der Waals surface area contributed by atoms with Crippen molar-refractivity contribution in [3.05, 3.63) is 88.1 Å². The van der Waals surface area contributed by atoms with E-state index in [1.165, 1.54) is 22.9 Å². The minimum atomic E-state index is -0.602. The zero-order valence-corrected chi connectivity index (χ0v) is 15.4. The first kappa shape index (κ1) is 19.3. The van der Waals surface area contributed by atoms with Crippen molar-refractivity contribution in [3.63, 3.8) is 0 Å². The first-order valence-electron chi connectivity index (χ1n) is 8.88. The molecule has 0 unspecified atom stereocenters. The number of nitrogens with one attached hydrogen (secondary N) is 1. The van der Waals surface area contributed by atoms with Crippen LogP contribution in [0.1, 0.15) is 22.6 Å². The number of hydrogen-bond acceptors (Lipinski definition) is 4. The maximum Gasteiger partial charge on any atom is 0.275 e. The molecular weight excluding hydrogens is 361 g/mol. The van der Waals surface area contributed by atoms with Gasteiger partial charge in [0.1, 0.15) is 17.3 Å². The Morgan fingerprint density at radius 2 is 1.86 bits per heavy atom. The number of para-hydroxylation sites is 2. The van der Waals surface area contributed by atoms with Crippen LogP contribution in [0.3, 0.4) is 0 Å². The quantitative estimate of drug-likeness (QED) is 0.639. The lowest BCUT2D eigenvalue weighted by atomic mass is 10.2. The molecule has 3 rings (SSSR count). The van der Waals surface area contributed by atoms with Crippen LogP contribution >= 0.6 is 0 Å². The molecule has 1 aromatic heterocycles. The molecule has 0 atom stereocenters. The summed E-state index contributed by atoms with van der Waals surface area (Å²) in [5, 5.41) is 6.72. The van der Waals surface area contributed by atoms with E-state index in [0.29, 0.717) is 25.3 Å². The number of ether oxygens (including phenoxy) is 1. The van der Waals surface area contributed by atoms with E-state index >= 15 is 0 Å². The fourth-order valence-electron chi connectivity index (χ4n) is 2.64. The number of nitrogens with zero attached hydrogens (tertiary/aromatic N) is 2. The standard InChI is InChI=1S/C21H20FN3O3/c1-15-14-19(26)20(24-25(15)18-11-6-5-10-17(18)22)21(27)23-12-7-13-28-16-8-3-2-4-9-16/h2-6,8-11,14H,7,12-13H2,1H3,(H,23,27). The number of aryl methyl sites for hydroxylation is 1. The van der Waals surface area contributed by atoms with E-state index in [2.05, 4.69) is 10.4 Å². The van der Waals surface area contributed by atoms with Gasteiger partial charge in [-0.25, -0.2) is 9.07 Å². The molecule has 0 spiro atoms. The molecule has 0 aliphatic heterocycles. The summed E-state index contributed by atoms with van der Waals surface area (Å²) in [6, 6.07) is 16.7. The lowest BCUT2D eigenvalue weighted by Gasteiger charge is -2.12. The zero-order chi connectivity index (χ0) is 19.9. The molecule has 1 amide bonds. The van der Waals surface area contributed by atoms with Gasteiger partial charge in [0.25, 0.3) is 5.91 Å². The molecule has 1 N–H and O–H groups in total. The molecule has 0 aliphatic carbocycles. The Hall–Kier alpha value is -3.48. The summed E-state index contributed by atoms with van der Waals surface area (Å²) >= 11 is 0. The molecule has 0 bridgehead atoms. The number of halogens is 1. The molecule has 2 aromatic carbocycles. The lowest BCUT2D eigenvalue weighted by molar-refractivity contribution is 0.0943. The molecule has 3 aromatic rings. The van der Waals surface area contributed by atoms with E-state index in [1.54, 1.807) is 19.1 Å². The van der Waals surface area contributed by atoms with Gasteiger partial charge < -0.3 is 10.1 Å². The summed E-state index contributed by atoms with van der Waals surface area (Å²) in [6.45, 7) is 2.37. The van der Waals surface area contributed by atoms with Crippen molar-refractivity contribution >= 4 is 5.91 Å². The monoisotopic (exact) mass is 381 g/mol. The van der Waals surface area contributed by atoms with Gasteiger partial charge in [-0.15, -0.1) is 0 Å². The molecule has 1 heterocycles. The van der Waals surface area contributed by atoms with Crippen LogP contribution in [-0.2, 0) is 0 Å². The molecule has 0 radical (unpaired) electrons. The van der Waals surface area contributed by atoms with Crippen molar-refractivity contribution in [2.24, 2.45) is 0 Å². The van der Waals surface area contributed by atoms with Gasteiger partial charge in [-0.1, -0.05) is 30.3 Å². The molecule has 0 saturated carbocycles. The fourth-order valence-corrected chi connectivity index (χ4v) is 2.64. The molecular formula is C21H20FN3O3.